The number of ether oxygens (including phenoxy) is 1. The first-order chi connectivity index (χ1) is 12.3. The quantitative estimate of drug-likeness (QED) is 0.736. The lowest BCUT2D eigenvalue weighted by Crippen LogP contribution is -2.40. The number of hydrogen-bond donors (Lipinski definition) is 0. The van der Waals surface area contributed by atoms with Gasteiger partial charge in [0.2, 0.25) is 0 Å². The van der Waals surface area contributed by atoms with Crippen molar-refractivity contribution in [1.82, 2.24) is 10.1 Å². The van der Waals surface area contributed by atoms with Crippen LogP contribution >= 0.6 is 0 Å². The molecular formula is C20H18N2O3. The van der Waals surface area contributed by atoms with E-state index in [1.807, 2.05) is 65.6 Å². The highest BCUT2D eigenvalue weighted by molar-refractivity contribution is 5.94. The van der Waals surface area contributed by atoms with E-state index in [2.05, 4.69) is 5.16 Å². The SMILES string of the molecule is O=C(c1ccc(-c2cc(-c3ccccc3)on2)cc1)N1CCOCC1. The maximum absolute atomic E-state index is 12.5. The van der Waals surface area contributed by atoms with E-state index < -0.39 is 0 Å². The fraction of sp³-hybridized carbons (Fsp3) is 0.200. The van der Waals surface area contributed by atoms with Gasteiger partial charge in [0, 0.05) is 35.8 Å². The molecule has 0 atom stereocenters. The van der Waals surface area contributed by atoms with E-state index in [4.69, 9.17) is 9.26 Å². The minimum atomic E-state index is 0.0416. The van der Waals surface area contributed by atoms with Crippen LogP contribution < -0.4 is 0 Å². The number of morpholine rings is 1. The van der Waals surface area contributed by atoms with Crippen molar-refractivity contribution in [3.05, 3.63) is 66.2 Å². The Morgan fingerprint density at radius 3 is 2.36 bits per heavy atom. The summed E-state index contributed by atoms with van der Waals surface area (Å²) in [5.74, 6) is 0.768. The molecule has 1 aliphatic rings. The zero-order valence-electron chi connectivity index (χ0n) is 13.7. The molecular weight excluding hydrogens is 316 g/mol. The van der Waals surface area contributed by atoms with Crippen molar-refractivity contribution in [2.24, 2.45) is 0 Å². The fourth-order valence-electron chi connectivity index (χ4n) is 2.88. The zero-order chi connectivity index (χ0) is 17.1. The number of rotatable bonds is 3. The molecule has 2 aromatic carbocycles. The van der Waals surface area contributed by atoms with Crippen LogP contribution in [0.25, 0.3) is 22.6 Å². The normalized spacial score (nSPS) is 14.5. The maximum Gasteiger partial charge on any atom is 0.254 e. The fourth-order valence-corrected chi connectivity index (χ4v) is 2.88. The Kier molecular flexibility index (Phi) is 4.31. The van der Waals surface area contributed by atoms with Gasteiger partial charge in [-0.2, -0.15) is 0 Å². The van der Waals surface area contributed by atoms with Gasteiger partial charge in [0.25, 0.3) is 5.91 Å². The molecule has 1 aliphatic heterocycles. The molecule has 0 saturated carbocycles. The molecule has 0 spiro atoms. The van der Waals surface area contributed by atoms with Gasteiger partial charge in [0.1, 0.15) is 5.69 Å². The topological polar surface area (TPSA) is 55.6 Å². The number of hydrogen-bond acceptors (Lipinski definition) is 4. The smallest absolute Gasteiger partial charge is 0.254 e. The van der Waals surface area contributed by atoms with E-state index >= 15 is 0 Å². The van der Waals surface area contributed by atoms with Gasteiger partial charge in [-0.25, -0.2) is 0 Å². The van der Waals surface area contributed by atoms with Crippen LogP contribution in [0, 0.1) is 0 Å². The van der Waals surface area contributed by atoms with Gasteiger partial charge in [-0.15, -0.1) is 0 Å². The minimum Gasteiger partial charge on any atom is -0.378 e. The van der Waals surface area contributed by atoms with Gasteiger partial charge in [0.05, 0.1) is 13.2 Å². The van der Waals surface area contributed by atoms with Gasteiger partial charge >= 0.3 is 0 Å². The summed E-state index contributed by atoms with van der Waals surface area (Å²) < 4.78 is 10.7. The van der Waals surface area contributed by atoms with Crippen LogP contribution in [-0.4, -0.2) is 42.3 Å². The van der Waals surface area contributed by atoms with E-state index in [1.54, 1.807) is 0 Å². The van der Waals surface area contributed by atoms with Gasteiger partial charge in [-0.05, 0) is 12.1 Å². The first-order valence-electron chi connectivity index (χ1n) is 8.31. The molecule has 25 heavy (non-hydrogen) atoms. The van der Waals surface area contributed by atoms with Crippen LogP contribution in [0.3, 0.4) is 0 Å². The van der Waals surface area contributed by atoms with Gasteiger partial charge in [0.15, 0.2) is 5.76 Å². The summed E-state index contributed by atoms with van der Waals surface area (Å²) in [6.45, 7) is 2.49. The van der Waals surface area contributed by atoms with Crippen LogP contribution in [0.2, 0.25) is 0 Å². The average molecular weight is 334 g/mol. The molecule has 5 nitrogen and oxygen atoms in total. The third-order valence-corrected chi connectivity index (χ3v) is 4.29. The number of carbonyl (C=O) groups excluding carboxylic acids is 1. The van der Waals surface area contributed by atoms with Gasteiger partial charge < -0.3 is 14.2 Å². The molecule has 2 heterocycles. The van der Waals surface area contributed by atoms with E-state index in [1.165, 1.54) is 0 Å². The predicted octanol–water partition coefficient (Wildman–Crippen LogP) is 3.48. The van der Waals surface area contributed by atoms with Crippen molar-refractivity contribution >= 4 is 5.91 Å². The van der Waals surface area contributed by atoms with Crippen LogP contribution in [0.15, 0.2) is 65.2 Å². The summed E-state index contributed by atoms with van der Waals surface area (Å²) >= 11 is 0. The molecule has 0 N–H and O–H groups in total. The molecule has 1 fully saturated rings. The first kappa shape index (κ1) is 15.6. The number of nitrogens with zero attached hydrogens (tertiary/aromatic N) is 2. The van der Waals surface area contributed by atoms with Crippen molar-refractivity contribution in [2.45, 2.75) is 0 Å². The Hall–Kier alpha value is -2.92. The summed E-state index contributed by atoms with van der Waals surface area (Å²) in [6.07, 6.45) is 0. The highest BCUT2D eigenvalue weighted by Crippen LogP contribution is 2.26. The molecule has 0 radical (unpaired) electrons. The summed E-state index contributed by atoms with van der Waals surface area (Å²) in [6, 6.07) is 19.2. The zero-order valence-corrected chi connectivity index (χ0v) is 13.7. The van der Waals surface area contributed by atoms with E-state index in [0.29, 0.717) is 31.9 Å². The lowest BCUT2D eigenvalue weighted by Gasteiger charge is -2.26. The first-order valence-corrected chi connectivity index (χ1v) is 8.31. The molecule has 0 bridgehead atoms. The summed E-state index contributed by atoms with van der Waals surface area (Å²) in [7, 11) is 0. The molecule has 0 unspecified atom stereocenters. The number of amides is 1. The van der Waals surface area contributed by atoms with Crippen molar-refractivity contribution in [3.8, 4) is 22.6 Å². The highest BCUT2D eigenvalue weighted by Gasteiger charge is 2.18. The van der Waals surface area contributed by atoms with Crippen molar-refractivity contribution in [3.63, 3.8) is 0 Å². The Morgan fingerprint density at radius 2 is 1.64 bits per heavy atom. The Balaban J connectivity index is 1.52. The van der Waals surface area contributed by atoms with Crippen molar-refractivity contribution in [1.29, 1.82) is 0 Å². The summed E-state index contributed by atoms with van der Waals surface area (Å²) in [5.41, 5.74) is 3.34. The number of benzene rings is 2. The third-order valence-electron chi connectivity index (χ3n) is 4.29. The lowest BCUT2D eigenvalue weighted by atomic mass is 10.1. The lowest BCUT2D eigenvalue weighted by molar-refractivity contribution is 0.0303. The van der Waals surface area contributed by atoms with Crippen LogP contribution in [0.4, 0.5) is 0 Å². The predicted molar refractivity (Wildman–Crippen MR) is 94.1 cm³/mol. The molecule has 0 aliphatic carbocycles. The number of carbonyl (C=O) groups is 1. The molecule has 1 aromatic heterocycles. The maximum atomic E-state index is 12.5. The van der Waals surface area contributed by atoms with Crippen LogP contribution in [0.1, 0.15) is 10.4 Å². The Bertz CT molecular complexity index is 850. The Morgan fingerprint density at radius 1 is 0.920 bits per heavy atom. The van der Waals surface area contributed by atoms with E-state index in [9.17, 15) is 4.79 Å². The molecule has 1 saturated heterocycles. The number of aromatic nitrogens is 1. The van der Waals surface area contributed by atoms with Crippen molar-refractivity contribution < 1.29 is 14.1 Å². The summed E-state index contributed by atoms with van der Waals surface area (Å²) in [4.78, 5) is 14.3. The highest BCUT2D eigenvalue weighted by atomic mass is 16.5. The average Bonchev–Trinajstić information content (AvgIpc) is 3.19. The van der Waals surface area contributed by atoms with E-state index in [0.717, 1.165) is 22.6 Å². The molecule has 5 heteroatoms. The second-order valence-electron chi connectivity index (χ2n) is 5.92. The summed E-state index contributed by atoms with van der Waals surface area (Å²) in [5, 5.41) is 4.14. The molecule has 3 aromatic rings. The van der Waals surface area contributed by atoms with Crippen LogP contribution in [-0.2, 0) is 4.74 Å². The standard InChI is InChI=1S/C20H18N2O3/c23-20(22-10-12-24-13-11-22)17-8-6-15(7-9-17)18-14-19(25-21-18)16-4-2-1-3-5-16/h1-9,14H,10-13H2. The molecule has 1 amide bonds. The minimum absolute atomic E-state index is 0.0416. The molecule has 126 valence electrons. The van der Waals surface area contributed by atoms with E-state index in [-0.39, 0.29) is 5.91 Å². The monoisotopic (exact) mass is 334 g/mol. The second kappa shape index (κ2) is 6.91. The Labute approximate surface area is 145 Å². The van der Waals surface area contributed by atoms with Gasteiger partial charge in [-0.1, -0.05) is 47.6 Å². The molecule has 4 rings (SSSR count). The van der Waals surface area contributed by atoms with Gasteiger partial charge in [-0.3, -0.25) is 4.79 Å². The third kappa shape index (κ3) is 3.32. The second-order valence-corrected chi connectivity index (χ2v) is 5.92. The largest absolute Gasteiger partial charge is 0.378 e. The van der Waals surface area contributed by atoms with Crippen LogP contribution in [0.5, 0.6) is 0 Å². The van der Waals surface area contributed by atoms with Crippen molar-refractivity contribution in [2.75, 3.05) is 26.3 Å².